The molecule has 0 bridgehead atoms. The third-order valence-electron chi connectivity index (χ3n) is 4.44. The van der Waals surface area contributed by atoms with Crippen molar-refractivity contribution in [2.24, 2.45) is 5.41 Å². The fourth-order valence-corrected chi connectivity index (χ4v) is 3.19. The molecule has 0 atom stereocenters. The molecule has 0 aromatic rings. The van der Waals surface area contributed by atoms with Crippen LogP contribution in [0.15, 0.2) is 0 Å². The summed E-state index contributed by atoms with van der Waals surface area (Å²) in [6.45, 7) is 4.10. The first kappa shape index (κ1) is 9.64. The van der Waals surface area contributed by atoms with E-state index < -0.39 is 0 Å². The van der Waals surface area contributed by atoms with Gasteiger partial charge >= 0.3 is 0 Å². The van der Waals surface area contributed by atoms with Crippen molar-refractivity contribution in [2.45, 2.75) is 51.0 Å². The molecule has 84 valence electrons. The quantitative estimate of drug-likeness (QED) is 0.745. The largest absolute Gasteiger partial charge is 0.328 e. The molecule has 1 spiro atoms. The van der Waals surface area contributed by atoms with Crippen LogP contribution in [0.5, 0.6) is 0 Å². The van der Waals surface area contributed by atoms with E-state index in [1.165, 1.54) is 25.7 Å². The molecule has 1 heterocycles. The van der Waals surface area contributed by atoms with Crippen molar-refractivity contribution in [3.05, 3.63) is 0 Å². The minimum Gasteiger partial charge on any atom is -0.328 e. The number of amides is 1. The lowest BCUT2D eigenvalue weighted by atomic mass is 9.88. The summed E-state index contributed by atoms with van der Waals surface area (Å²) in [5, 5.41) is 3.37. The Balaban J connectivity index is 1.66. The third-order valence-corrected chi connectivity index (χ3v) is 4.44. The number of nitrogens with one attached hydrogen (secondary N) is 1. The van der Waals surface area contributed by atoms with Crippen molar-refractivity contribution in [3.63, 3.8) is 0 Å². The zero-order valence-corrected chi connectivity index (χ0v) is 9.51. The van der Waals surface area contributed by atoms with E-state index in [2.05, 4.69) is 17.1 Å². The minimum absolute atomic E-state index is 0.102. The molecule has 1 N–H and O–H groups in total. The number of nitrogens with zero attached hydrogens (tertiary/aromatic N) is 1. The van der Waals surface area contributed by atoms with E-state index in [1.54, 1.807) is 0 Å². The highest BCUT2D eigenvalue weighted by Crippen LogP contribution is 2.43. The molecule has 3 aliphatic rings. The van der Waals surface area contributed by atoms with Crippen molar-refractivity contribution < 1.29 is 4.79 Å². The lowest BCUT2D eigenvalue weighted by Gasteiger charge is -2.29. The van der Waals surface area contributed by atoms with Crippen LogP contribution in [0.4, 0.5) is 0 Å². The summed E-state index contributed by atoms with van der Waals surface area (Å²) in [7, 11) is 0. The van der Waals surface area contributed by atoms with Gasteiger partial charge in [0.15, 0.2) is 0 Å². The normalized spacial score (nSPS) is 31.5. The zero-order chi connectivity index (χ0) is 10.5. The second-order valence-electron chi connectivity index (χ2n) is 5.94. The Bertz CT molecular complexity index is 290. The molecule has 0 radical (unpaired) electrons. The van der Waals surface area contributed by atoms with Gasteiger partial charge in [0.1, 0.15) is 0 Å². The van der Waals surface area contributed by atoms with Crippen LogP contribution in [-0.2, 0) is 4.79 Å². The van der Waals surface area contributed by atoms with Gasteiger partial charge in [0.25, 0.3) is 0 Å². The van der Waals surface area contributed by atoms with Crippen LogP contribution in [0.2, 0.25) is 0 Å². The highest BCUT2D eigenvalue weighted by Gasteiger charge is 2.56. The van der Waals surface area contributed by atoms with Gasteiger partial charge in [-0.2, -0.15) is 0 Å². The van der Waals surface area contributed by atoms with Crippen LogP contribution < -0.4 is 5.32 Å². The van der Waals surface area contributed by atoms with Gasteiger partial charge in [-0.15, -0.1) is 0 Å². The maximum Gasteiger partial charge on any atom is 0.243 e. The monoisotopic (exact) mass is 208 g/mol. The number of hydrogen-bond acceptors (Lipinski definition) is 2. The lowest BCUT2D eigenvalue weighted by molar-refractivity contribution is -0.130. The van der Waals surface area contributed by atoms with E-state index in [0.29, 0.717) is 11.3 Å². The average Bonchev–Trinajstić information content (AvgIpc) is 2.80. The predicted octanol–water partition coefficient (Wildman–Crippen LogP) is 1.49. The van der Waals surface area contributed by atoms with Crippen LogP contribution in [-0.4, -0.2) is 29.6 Å². The Kier molecular flexibility index (Phi) is 1.91. The van der Waals surface area contributed by atoms with E-state index in [4.69, 9.17) is 0 Å². The van der Waals surface area contributed by atoms with Gasteiger partial charge in [-0.3, -0.25) is 10.1 Å². The van der Waals surface area contributed by atoms with Crippen molar-refractivity contribution in [1.29, 1.82) is 0 Å². The van der Waals surface area contributed by atoms with Gasteiger partial charge < -0.3 is 4.90 Å². The molecule has 3 heteroatoms. The maximum absolute atomic E-state index is 12.1. The number of carbonyl (C=O) groups excluding carboxylic acids is 1. The first-order chi connectivity index (χ1) is 7.14. The number of hydrogen-bond donors (Lipinski definition) is 1. The van der Waals surface area contributed by atoms with Gasteiger partial charge in [0, 0.05) is 6.54 Å². The van der Waals surface area contributed by atoms with E-state index in [0.717, 1.165) is 26.1 Å². The smallest absolute Gasteiger partial charge is 0.243 e. The molecule has 15 heavy (non-hydrogen) atoms. The van der Waals surface area contributed by atoms with Crippen LogP contribution in [0.3, 0.4) is 0 Å². The predicted molar refractivity (Wildman–Crippen MR) is 58.3 cm³/mol. The third kappa shape index (κ3) is 1.48. The summed E-state index contributed by atoms with van der Waals surface area (Å²) in [5.74, 6) is 0.371. The molecule has 1 saturated heterocycles. The fraction of sp³-hybridized carbons (Fsp3) is 0.917. The minimum atomic E-state index is -0.102. The first-order valence-corrected chi connectivity index (χ1v) is 6.18. The van der Waals surface area contributed by atoms with Crippen molar-refractivity contribution in [1.82, 2.24) is 10.2 Å². The van der Waals surface area contributed by atoms with Crippen LogP contribution >= 0.6 is 0 Å². The number of rotatable bonds is 2. The highest BCUT2D eigenvalue weighted by atomic mass is 16.2. The molecule has 0 aromatic heterocycles. The summed E-state index contributed by atoms with van der Waals surface area (Å²) in [5.41, 5.74) is 0.298. The van der Waals surface area contributed by atoms with Gasteiger partial charge in [-0.25, -0.2) is 0 Å². The van der Waals surface area contributed by atoms with Crippen LogP contribution in [0.25, 0.3) is 0 Å². The SMILES string of the molecule is CC1(CN2CNC3(CC3)C2=O)CCCC1. The summed E-state index contributed by atoms with van der Waals surface area (Å²) in [4.78, 5) is 14.1. The average molecular weight is 208 g/mol. The molecule has 2 aliphatic carbocycles. The van der Waals surface area contributed by atoms with Crippen LogP contribution in [0, 0.1) is 5.41 Å². The Labute approximate surface area is 91.2 Å². The molecule has 2 saturated carbocycles. The molecule has 3 fully saturated rings. The molecular weight excluding hydrogens is 188 g/mol. The van der Waals surface area contributed by atoms with E-state index in [1.807, 2.05) is 0 Å². The van der Waals surface area contributed by atoms with Gasteiger partial charge in [0.2, 0.25) is 5.91 Å². The Morgan fingerprint density at radius 3 is 2.47 bits per heavy atom. The van der Waals surface area contributed by atoms with Crippen molar-refractivity contribution in [3.8, 4) is 0 Å². The highest BCUT2D eigenvalue weighted by molar-refractivity contribution is 5.91. The summed E-state index contributed by atoms with van der Waals surface area (Å²) in [6, 6.07) is 0. The lowest BCUT2D eigenvalue weighted by Crippen LogP contribution is -2.38. The molecular formula is C12H20N2O. The van der Waals surface area contributed by atoms with E-state index in [-0.39, 0.29) is 5.54 Å². The van der Waals surface area contributed by atoms with Crippen molar-refractivity contribution >= 4 is 5.91 Å². The number of carbonyl (C=O) groups is 1. The second kappa shape index (κ2) is 2.97. The van der Waals surface area contributed by atoms with Gasteiger partial charge in [-0.05, 0) is 31.1 Å². The molecule has 0 unspecified atom stereocenters. The Morgan fingerprint density at radius 2 is 1.93 bits per heavy atom. The standard InChI is InChI=1S/C12H20N2O/c1-11(4-2-3-5-11)8-14-9-13-12(6-7-12)10(14)15/h13H,2-9H2,1H3. The second-order valence-corrected chi connectivity index (χ2v) is 5.94. The van der Waals surface area contributed by atoms with E-state index >= 15 is 0 Å². The zero-order valence-electron chi connectivity index (χ0n) is 9.51. The van der Waals surface area contributed by atoms with Crippen molar-refractivity contribution in [2.75, 3.05) is 13.2 Å². The summed E-state index contributed by atoms with van der Waals surface area (Å²) < 4.78 is 0. The molecule has 3 rings (SSSR count). The fourth-order valence-electron chi connectivity index (χ4n) is 3.19. The first-order valence-electron chi connectivity index (χ1n) is 6.18. The van der Waals surface area contributed by atoms with Crippen LogP contribution in [0.1, 0.15) is 45.4 Å². The Hall–Kier alpha value is -0.570. The topological polar surface area (TPSA) is 32.3 Å². The van der Waals surface area contributed by atoms with Gasteiger partial charge in [-0.1, -0.05) is 19.8 Å². The molecule has 1 amide bonds. The van der Waals surface area contributed by atoms with E-state index in [9.17, 15) is 4.79 Å². The Morgan fingerprint density at radius 1 is 1.27 bits per heavy atom. The maximum atomic E-state index is 12.1. The van der Waals surface area contributed by atoms with Gasteiger partial charge in [0.05, 0.1) is 12.2 Å². The summed E-state index contributed by atoms with van der Waals surface area (Å²) in [6.07, 6.45) is 7.39. The summed E-state index contributed by atoms with van der Waals surface area (Å²) >= 11 is 0. The molecule has 3 nitrogen and oxygen atoms in total. The molecule has 1 aliphatic heterocycles. The molecule has 0 aromatic carbocycles.